The van der Waals surface area contributed by atoms with Crippen LogP contribution < -0.4 is 10.1 Å². The lowest BCUT2D eigenvalue weighted by molar-refractivity contribution is -0.122. The summed E-state index contributed by atoms with van der Waals surface area (Å²) in [6, 6.07) is 5.93. The van der Waals surface area contributed by atoms with Gasteiger partial charge in [0, 0.05) is 28.5 Å². The molecule has 1 aromatic heterocycles. The molecule has 6 heteroatoms. The molecule has 0 fully saturated rings. The number of ether oxygens (including phenoxy) is 1. The molecule has 0 aliphatic carbocycles. The normalized spacial score (nSPS) is 11.7. The number of nitrogens with zero attached hydrogens (tertiary/aromatic N) is 1. The first-order chi connectivity index (χ1) is 10.8. The van der Waals surface area contributed by atoms with E-state index in [4.69, 9.17) is 4.74 Å². The number of nitrogens with one attached hydrogen (secondary N) is 1. The van der Waals surface area contributed by atoms with E-state index in [0.29, 0.717) is 0 Å². The second-order valence-corrected chi connectivity index (χ2v) is 7.01. The number of aryl methyl sites for hydroxylation is 1. The van der Waals surface area contributed by atoms with Crippen LogP contribution in [-0.2, 0) is 18.3 Å². The standard InChI is InChI=1S/C17H24N2O3S/c1-17(2,10-20)18-15(21)9-14-16(23-5)12-8-11(22-4)6-7-13(12)19(14)3/h6-8,20H,9-10H2,1-5H3,(H,18,21). The number of hydrogen-bond acceptors (Lipinski definition) is 4. The molecule has 0 saturated carbocycles. The molecule has 0 spiro atoms. The molecule has 5 nitrogen and oxygen atoms in total. The number of aliphatic hydroxyl groups is 1. The number of carbonyl (C=O) groups excluding carboxylic acids is 1. The number of rotatable bonds is 6. The van der Waals surface area contributed by atoms with Crippen LogP contribution in [0.25, 0.3) is 10.9 Å². The van der Waals surface area contributed by atoms with Crippen LogP contribution in [0.3, 0.4) is 0 Å². The van der Waals surface area contributed by atoms with Crippen LogP contribution in [0.1, 0.15) is 19.5 Å². The fraction of sp³-hybridized carbons (Fsp3) is 0.471. The van der Waals surface area contributed by atoms with Crippen molar-refractivity contribution < 1.29 is 14.6 Å². The van der Waals surface area contributed by atoms with Gasteiger partial charge in [0.15, 0.2) is 0 Å². The fourth-order valence-corrected chi connectivity index (χ4v) is 3.44. The fourth-order valence-electron chi connectivity index (χ4n) is 2.61. The number of aromatic nitrogens is 1. The molecule has 126 valence electrons. The summed E-state index contributed by atoms with van der Waals surface area (Å²) in [6.07, 6.45) is 2.28. The Hall–Kier alpha value is -1.66. The third-order valence-electron chi connectivity index (χ3n) is 3.88. The Kier molecular flexibility index (Phi) is 5.26. The van der Waals surface area contributed by atoms with Crippen molar-refractivity contribution in [2.24, 2.45) is 7.05 Å². The third kappa shape index (κ3) is 3.64. The Labute approximate surface area is 141 Å². The number of benzene rings is 1. The minimum Gasteiger partial charge on any atom is -0.497 e. The van der Waals surface area contributed by atoms with Crippen LogP contribution in [-0.4, -0.2) is 41.1 Å². The average molecular weight is 336 g/mol. The number of carbonyl (C=O) groups is 1. The molecular formula is C17H24N2O3S. The van der Waals surface area contributed by atoms with Gasteiger partial charge in [-0.15, -0.1) is 11.8 Å². The lowest BCUT2D eigenvalue weighted by Gasteiger charge is -2.23. The Balaban J connectivity index is 2.40. The highest BCUT2D eigenvalue weighted by Crippen LogP contribution is 2.35. The summed E-state index contributed by atoms with van der Waals surface area (Å²) >= 11 is 1.62. The minimum absolute atomic E-state index is 0.0968. The van der Waals surface area contributed by atoms with Crippen LogP contribution in [0.15, 0.2) is 23.1 Å². The topological polar surface area (TPSA) is 63.5 Å². The molecule has 0 saturated heterocycles. The number of aliphatic hydroxyl groups excluding tert-OH is 1. The molecule has 1 amide bonds. The predicted octanol–water partition coefficient (Wildman–Crippen LogP) is 2.34. The van der Waals surface area contributed by atoms with Crippen LogP contribution in [0, 0.1) is 0 Å². The molecule has 0 unspecified atom stereocenters. The summed E-state index contributed by atoms with van der Waals surface area (Å²) in [6.45, 7) is 3.50. The number of fused-ring (bicyclic) bond motifs is 1. The summed E-state index contributed by atoms with van der Waals surface area (Å²) in [5.41, 5.74) is 1.41. The maximum absolute atomic E-state index is 12.3. The van der Waals surface area contributed by atoms with E-state index in [1.807, 2.05) is 36.1 Å². The zero-order valence-electron chi connectivity index (χ0n) is 14.3. The highest BCUT2D eigenvalue weighted by atomic mass is 32.2. The molecule has 0 radical (unpaired) electrons. The van der Waals surface area contributed by atoms with Gasteiger partial charge in [0.05, 0.1) is 25.7 Å². The Morgan fingerprint density at radius 3 is 2.70 bits per heavy atom. The van der Waals surface area contributed by atoms with Gasteiger partial charge in [-0.05, 0) is 38.3 Å². The Bertz CT molecular complexity index is 722. The van der Waals surface area contributed by atoms with Gasteiger partial charge in [0.2, 0.25) is 5.91 Å². The second kappa shape index (κ2) is 6.84. The molecule has 0 aliphatic rings. The van der Waals surface area contributed by atoms with E-state index in [1.54, 1.807) is 32.7 Å². The minimum atomic E-state index is -0.621. The molecule has 1 heterocycles. The van der Waals surface area contributed by atoms with Crippen molar-refractivity contribution in [3.63, 3.8) is 0 Å². The van der Waals surface area contributed by atoms with Crippen molar-refractivity contribution in [2.45, 2.75) is 30.7 Å². The molecule has 0 aliphatic heterocycles. The van der Waals surface area contributed by atoms with Crippen molar-refractivity contribution in [3.8, 4) is 5.75 Å². The SMILES string of the molecule is COc1ccc2c(c1)c(SC)c(CC(=O)NC(C)(C)CO)n2C. The van der Waals surface area contributed by atoms with Gasteiger partial charge in [-0.2, -0.15) is 0 Å². The van der Waals surface area contributed by atoms with E-state index >= 15 is 0 Å². The molecule has 2 rings (SSSR count). The zero-order valence-corrected chi connectivity index (χ0v) is 15.1. The largest absolute Gasteiger partial charge is 0.497 e. The highest BCUT2D eigenvalue weighted by molar-refractivity contribution is 7.98. The summed E-state index contributed by atoms with van der Waals surface area (Å²) in [4.78, 5) is 13.4. The maximum Gasteiger partial charge on any atom is 0.226 e. The van der Waals surface area contributed by atoms with Crippen molar-refractivity contribution in [2.75, 3.05) is 20.0 Å². The number of thioether (sulfide) groups is 1. The van der Waals surface area contributed by atoms with E-state index in [-0.39, 0.29) is 18.9 Å². The average Bonchev–Trinajstić information content (AvgIpc) is 2.78. The molecule has 2 aromatic rings. The highest BCUT2D eigenvalue weighted by Gasteiger charge is 2.22. The van der Waals surface area contributed by atoms with E-state index < -0.39 is 5.54 Å². The second-order valence-electron chi connectivity index (χ2n) is 6.19. The Morgan fingerprint density at radius 1 is 1.43 bits per heavy atom. The van der Waals surface area contributed by atoms with Gasteiger partial charge >= 0.3 is 0 Å². The van der Waals surface area contributed by atoms with Crippen molar-refractivity contribution in [1.82, 2.24) is 9.88 Å². The summed E-state index contributed by atoms with van der Waals surface area (Å²) in [5.74, 6) is 0.702. The van der Waals surface area contributed by atoms with Crippen LogP contribution in [0.5, 0.6) is 5.75 Å². The molecule has 0 bridgehead atoms. The Morgan fingerprint density at radius 2 is 2.13 bits per heavy atom. The predicted molar refractivity (Wildman–Crippen MR) is 94.3 cm³/mol. The van der Waals surface area contributed by atoms with Crippen molar-refractivity contribution in [1.29, 1.82) is 0 Å². The first kappa shape index (κ1) is 17.7. The zero-order chi connectivity index (χ0) is 17.2. The number of methoxy groups -OCH3 is 1. The van der Waals surface area contributed by atoms with E-state index in [1.165, 1.54) is 0 Å². The monoisotopic (exact) mass is 336 g/mol. The smallest absolute Gasteiger partial charge is 0.226 e. The van der Waals surface area contributed by atoms with Crippen LogP contribution in [0.4, 0.5) is 0 Å². The lowest BCUT2D eigenvalue weighted by Crippen LogP contribution is -2.47. The number of amides is 1. The van der Waals surface area contributed by atoms with Gasteiger partial charge < -0.3 is 19.7 Å². The summed E-state index contributed by atoms with van der Waals surface area (Å²) < 4.78 is 7.35. The number of hydrogen-bond donors (Lipinski definition) is 2. The van der Waals surface area contributed by atoms with E-state index in [0.717, 1.165) is 27.2 Å². The quantitative estimate of drug-likeness (QED) is 0.795. The summed E-state index contributed by atoms with van der Waals surface area (Å²) in [5, 5.41) is 13.2. The lowest BCUT2D eigenvalue weighted by atomic mass is 10.1. The van der Waals surface area contributed by atoms with Gasteiger partial charge in [0.25, 0.3) is 0 Å². The third-order valence-corrected chi connectivity index (χ3v) is 4.75. The first-order valence-corrected chi connectivity index (χ1v) is 8.66. The van der Waals surface area contributed by atoms with Gasteiger partial charge in [-0.1, -0.05) is 0 Å². The summed E-state index contributed by atoms with van der Waals surface area (Å²) in [7, 11) is 3.61. The van der Waals surface area contributed by atoms with Gasteiger partial charge in [-0.3, -0.25) is 4.79 Å². The molecule has 23 heavy (non-hydrogen) atoms. The molecule has 1 aromatic carbocycles. The molecule has 2 N–H and O–H groups in total. The van der Waals surface area contributed by atoms with Crippen LogP contribution >= 0.6 is 11.8 Å². The van der Waals surface area contributed by atoms with E-state index in [9.17, 15) is 9.90 Å². The van der Waals surface area contributed by atoms with E-state index in [2.05, 4.69) is 5.32 Å². The van der Waals surface area contributed by atoms with Gasteiger partial charge in [0.1, 0.15) is 5.75 Å². The first-order valence-electron chi connectivity index (χ1n) is 7.44. The molecule has 0 atom stereocenters. The maximum atomic E-state index is 12.3. The van der Waals surface area contributed by atoms with Crippen molar-refractivity contribution in [3.05, 3.63) is 23.9 Å². The van der Waals surface area contributed by atoms with Crippen molar-refractivity contribution >= 4 is 28.6 Å². The van der Waals surface area contributed by atoms with Gasteiger partial charge in [-0.25, -0.2) is 0 Å². The molecular weight excluding hydrogens is 312 g/mol. The van der Waals surface area contributed by atoms with Crippen LogP contribution in [0.2, 0.25) is 0 Å².